The van der Waals surface area contributed by atoms with Crippen LogP contribution in [0.2, 0.25) is 0 Å². The molecule has 1 fully saturated rings. The van der Waals surface area contributed by atoms with Crippen molar-refractivity contribution in [3.63, 3.8) is 0 Å². The Morgan fingerprint density at radius 2 is 2.33 bits per heavy atom. The first-order valence-electron chi connectivity index (χ1n) is 7.63. The van der Waals surface area contributed by atoms with Gasteiger partial charge in [-0.25, -0.2) is 4.79 Å². The third kappa shape index (κ3) is 4.49. The number of carbonyl (C=O) groups is 1. The largest absolute Gasteiger partial charge is 0.468 e. The molecule has 1 aliphatic rings. The summed E-state index contributed by atoms with van der Waals surface area (Å²) < 4.78 is 10.9. The van der Waals surface area contributed by atoms with Crippen molar-refractivity contribution in [1.29, 1.82) is 0 Å². The van der Waals surface area contributed by atoms with E-state index in [0.717, 1.165) is 31.7 Å². The molecule has 0 bridgehead atoms. The van der Waals surface area contributed by atoms with Gasteiger partial charge in [0.1, 0.15) is 11.4 Å². The van der Waals surface area contributed by atoms with Crippen LogP contribution in [0.5, 0.6) is 0 Å². The number of ether oxygens (including phenoxy) is 1. The molecule has 2 heterocycles. The Hall–Kier alpha value is -1.49. The van der Waals surface area contributed by atoms with Crippen molar-refractivity contribution >= 4 is 6.09 Å². The SMILES string of the molecule is C[C@@H](NCC1CCCN1C(=O)OC(C)(C)C)c1ccco1. The molecule has 0 aliphatic carbocycles. The van der Waals surface area contributed by atoms with Crippen LogP contribution in [0, 0.1) is 0 Å². The van der Waals surface area contributed by atoms with Crippen molar-refractivity contribution in [3.05, 3.63) is 24.2 Å². The zero-order valence-corrected chi connectivity index (χ0v) is 13.4. The van der Waals surface area contributed by atoms with E-state index in [-0.39, 0.29) is 18.2 Å². The van der Waals surface area contributed by atoms with Gasteiger partial charge >= 0.3 is 6.09 Å². The van der Waals surface area contributed by atoms with Crippen molar-refractivity contribution in [2.24, 2.45) is 0 Å². The van der Waals surface area contributed by atoms with Crippen LogP contribution in [0.1, 0.15) is 52.3 Å². The molecule has 2 rings (SSSR count). The second-order valence-corrected chi connectivity index (χ2v) is 6.62. The molecule has 0 saturated carbocycles. The Morgan fingerprint density at radius 1 is 1.57 bits per heavy atom. The minimum absolute atomic E-state index is 0.140. The number of nitrogens with zero attached hydrogens (tertiary/aromatic N) is 1. The highest BCUT2D eigenvalue weighted by molar-refractivity contribution is 5.69. The van der Waals surface area contributed by atoms with Gasteiger partial charge in [-0.1, -0.05) is 0 Å². The monoisotopic (exact) mass is 294 g/mol. The fourth-order valence-corrected chi connectivity index (χ4v) is 2.56. The van der Waals surface area contributed by atoms with Crippen molar-refractivity contribution < 1.29 is 13.9 Å². The Bertz CT molecular complexity index is 451. The zero-order valence-electron chi connectivity index (χ0n) is 13.4. The second kappa shape index (κ2) is 6.52. The molecule has 1 aromatic rings. The molecule has 0 aromatic carbocycles. The number of likely N-dealkylation sites (tertiary alicyclic amines) is 1. The van der Waals surface area contributed by atoms with Gasteiger partial charge in [-0.15, -0.1) is 0 Å². The number of carbonyl (C=O) groups excluding carboxylic acids is 1. The lowest BCUT2D eigenvalue weighted by molar-refractivity contribution is 0.0224. The summed E-state index contributed by atoms with van der Waals surface area (Å²) in [4.78, 5) is 14.0. The highest BCUT2D eigenvalue weighted by Gasteiger charge is 2.32. The number of hydrogen-bond acceptors (Lipinski definition) is 4. The Balaban J connectivity index is 1.86. The second-order valence-electron chi connectivity index (χ2n) is 6.62. The summed E-state index contributed by atoms with van der Waals surface area (Å²) in [6.07, 6.45) is 3.51. The molecule has 5 heteroatoms. The molecule has 1 aromatic heterocycles. The van der Waals surface area contributed by atoms with Crippen LogP contribution in [0.4, 0.5) is 4.79 Å². The molecule has 1 saturated heterocycles. The molecule has 0 radical (unpaired) electrons. The maximum Gasteiger partial charge on any atom is 0.410 e. The van der Waals surface area contributed by atoms with E-state index < -0.39 is 5.60 Å². The molecular formula is C16H26N2O3. The standard InChI is InChI=1S/C16H26N2O3/c1-12(14-8-6-10-20-14)17-11-13-7-5-9-18(13)15(19)21-16(2,3)4/h6,8,10,12-13,17H,5,7,9,11H2,1-4H3/t12-,13?/m1/s1. The number of rotatable bonds is 4. The topological polar surface area (TPSA) is 54.7 Å². The fourth-order valence-electron chi connectivity index (χ4n) is 2.56. The van der Waals surface area contributed by atoms with Crippen LogP contribution in [0.25, 0.3) is 0 Å². The van der Waals surface area contributed by atoms with E-state index in [1.807, 2.05) is 37.8 Å². The van der Waals surface area contributed by atoms with E-state index in [9.17, 15) is 4.79 Å². The maximum atomic E-state index is 12.2. The number of furan rings is 1. The molecule has 5 nitrogen and oxygen atoms in total. The highest BCUT2D eigenvalue weighted by Crippen LogP contribution is 2.21. The van der Waals surface area contributed by atoms with Gasteiger partial charge < -0.3 is 19.4 Å². The third-order valence-electron chi connectivity index (χ3n) is 3.63. The molecule has 21 heavy (non-hydrogen) atoms. The van der Waals surface area contributed by atoms with Crippen LogP contribution in [-0.2, 0) is 4.74 Å². The fraction of sp³-hybridized carbons (Fsp3) is 0.688. The van der Waals surface area contributed by atoms with Crippen molar-refractivity contribution in [3.8, 4) is 0 Å². The third-order valence-corrected chi connectivity index (χ3v) is 3.63. The van der Waals surface area contributed by atoms with Crippen molar-refractivity contribution in [1.82, 2.24) is 10.2 Å². The molecule has 1 unspecified atom stereocenters. The first kappa shape index (κ1) is 15.9. The number of nitrogens with one attached hydrogen (secondary N) is 1. The summed E-state index contributed by atoms with van der Waals surface area (Å²) in [7, 11) is 0. The van der Waals surface area contributed by atoms with Gasteiger partial charge in [0.25, 0.3) is 0 Å². The van der Waals surface area contributed by atoms with Crippen LogP contribution in [0.3, 0.4) is 0 Å². The Morgan fingerprint density at radius 3 is 2.95 bits per heavy atom. The molecule has 1 amide bonds. The van der Waals surface area contributed by atoms with Gasteiger partial charge in [0.15, 0.2) is 0 Å². The van der Waals surface area contributed by atoms with Crippen molar-refractivity contribution in [2.45, 2.75) is 58.2 Å². The predicted octanol–water partition coefficient (Wildman–Crippen LogP) is 3.33. The van der Waals surface area contributed by atoms with E-state index in [0.29, 0.717) is 0 Å². The van der Waals surface area contributed by atoms with Crippen LogP contribution >= 0.6 is 0 Å². The molecule has 2 atom stereocenters. The summed E-state index contributed by atoms with van der Waals surface area (Å²) in [5.41, 5.74) is -0.445. The van der Waals surface area contributed by atoms with E-state index >= 15 is 0 Å². The highest BCUT2D eigenvalue weighted by atomic mass is 16.6. The lowest BCUT2D eigenvalue weighted by atomic mass is 10.2. The minimum atomic E-state index is -0.445. The number of amides is 1. The lowest BCUT2D eigenvalue weighted by Gasteiger charge is -2.29. The predicted molar refractivity (Wildman–Crippen MR) is 81.1 cm³/mol. The molecule has 0 spiro atoms. The average molecular weight is 294 g/mol. The van der Waals surface area contributed by atoms with Gasteiger partial charge in [0, 0.05) is 19.1 Å². The van der Waals surface area contributed by atoms with Crippen LogP contribution < -0.4 is 5.32 Å². The van der Waals surface area contributed by atoms with Crippen molar-refractivity contribution in [2.75, 3.05) is 13.1 Å². The quantitative estimate of drug-likeness (QED) is 0.925. The first-order valence-corrected chi connectivity index (χ1v) is 7.63. The van der Waals surface area contributed by atoms with Gasteiger partial charge in [0.2, 0.25) is 0 Å². The number of hydrogen-bond donors (Lipinski definition) is 1. The molecule has 1 aliphatic heterocycles. The van der Waals surface area contributed by atoms with Gasteiger partial charge in [-0.3, -0.25) is 0 Å². The van der Waals surface area contributed by atoms with E-state index in [1.54, 1.807) is 6.26 Å². The van der Waals surface area contributed by atoms with Crippen LogP contribution in [0.15, 0.2) is 22.8 Å². The molecular weight excluding hydrogens is 268 g/mol. The van der Waals surface area contributed by atoms with E-state index in [2.05, 4.69) is 12.2 Å². The zero-order chi connectivity index (χ0) is 15.5. The van der Waals surface area contributed by atoms with Crippen LogP contribution in [-0.4, -0.2) is 35.7 Å². The van der Waals surface area contributed by atoms with Gasteiger partial charge in [-0.2, -0.15) is 0 Å². The van der Waals surface area contributed by atoms with Gasteiger partial charge in [-0.05, 0) is 52.7 Å². The minimum Gasteiger partial charge on any atom is -0.468 e. The van der Waals surface area contributed by atoms with Gasteiger partial charge in [0.05, 0.1) is 12.3 Å². The first-order chi connectivity index (χ1) is 9.87. The summed E-state index contributed by atoms with van der Waals surface area (Å²) in [5, 5.41) is 3.43. The molecule has 118 valence electrons. The smallest absolute Gasteiger partial charge is 0.410 e. The lowest BCUT2D eigenvalue weighted by Crippen LogP contribution is -2.44. The molecule has 1 N–H and O–H groups in total. The Kier molecular flexibility index (Phi) is 4.93. The summed E-state index contributed by atoms with van der Waals surface area (Å²) in [6.45, 7) is 9.27. The summed E-state index contributed by atoms with van der Waals surface area (Å²) in [5.74, 6) is 0.914. The average Bonchev–Trinajstić information content (AvgIpc) is 3.04. The Labute approximate surface area is 126 Å². The normalized spacial score (nSPS) is 20.6. The van der Waals surface area contributed by atoms with E-state index in [4.69, 9.17) is 9.15 Å². The maximum absolute atomic E-state index is 12.2. The summed E-state index contributed by atoms with van der Waals surface area (Å²) in [6, 6.07) is 4.17. The van der Waals surface area contributed by atoms with E-state index in [1.165, 1.54) is 0 Å². The summed E-state index contributed by atoms with van der Waals surface area (Å²) >= 11 is 0.